The molecular weight excluding hydrogens is 298 g/mol. The van der Waals surface area contributed by atoms with Crippen molar-refractivity contribution in [3.05, 3.63) is 69.3 Å². The number of carbonyl (C=O) groups is 1. The molecule has 0 atom stereocenters. The van der Waals surface area contributed by atoms with Crippen molar-refractivity contribution >= 4 is 16.8 Å². The van der Waals surface area contributed by atoms with E-state index in [1.165, 1.54) is 16.9 Å². The Morgan fingerprint density at radius 1 is 1.17 bits per heavy atom. The first kappa shape index (κ1) is 14.8. The standard InChI is InChI=1S/C16H15N3O4/c1-18-12-6-3-2-5-11(12)15(21)19(16(18)22)9-8-17-14(20)13-7-4-10-23-13/h2-7,10H,8-9H2,1H3,(H,17,20). The van der Waals surface area contributed by atoms with Crippen LogP contribution >= 0.6 is 0 Å². The van der Waals surface area contributed by atoms with Gasteiger partial charge >= 0.3 is 5.69 Å². The number of benzene rings is 1. The second kappa shape index (κ2) is 5.96. The number of aromatic nitrogens is 2. The molecule has 1 aromatic carbocycles. The van der Waals surface area contributed by atoms with Crippen LogP contribution in [0.4, 0.5) is 0 Å². The summed E-state index contributed by atoms with van der Waals surface area (Å²) in [5.74, 6) is -0.204. The topological polar surface area (TPSA) is 86.2 Å². The fourth-order valence-corrected chi connectivity index (χ4v) is 2.44. The van der Waals surface area contributed by atoms with E-state index in [1.54, 1.807) is 37.4 Å². The Morgan fingerprint density at radius 3 is 2.70 bits per heavy atom. The van der Waals surface area contributed by atoms with Crippen molar-refractivity contribution in [3.8, 4) is 0 Å². The lowest BCUT2D eigenvalue weighted by Gasteiger charge is -2.10. The van der Waals surface area contributed by atoms with Crippen LogP contribution in [0.3, 0.4) is 0 Å². The lowest BCUT2D eigenvalue weighted by atomic mass is 10.2. The highest BCUT2D eigenvalue weighted by Gasteiger charge is 2.11. The minimum absolute atomic E-state index is 0.0861. The average molecular weight is 313 g/mol. The van der Waals surface area contributed by atoms with Gasteiger partial charge in [-0.05, 0) is 24.3 Å². The van der Waals surface area contributed by atoms with Gasteiger partial charge in [0.1, 0.15) is 0 Å². The maximum atomic E-state index is 12.4. The summed E-state index contributed by atoms with van der Waals surface area (Å²) >= 11 is 0. The highest BCUT2D eigenvalue weighted by atomic mass is 16.3. The summed E-state index contributed by atoms with van der Waals surface area (Å²) in [4.78, 5) is 36.5. The van der Waals surface area contributed by atoms with Crippen LogP contribution in [0.5, 0.6) is 0 Å². The molecule has 1 amide bonds. The summed E-state index contributed by atoms with van der Waals surface area (Å²) in [5.41, 5.74) is -0.199. The third-order valence-corrected chi connectivity index (χ3v) is 3.62. The number of hydrogen-bond acceptors (Lipinski definition) is 4. The first-order valence-corrected chi connectivity index (χ1v) is 7.10. The van der Waals surface area contributed by atoms with E-state index in [2.05, 4.69) is 5.32 Å². The van der Waals surface area contributed by atoms with Crippen molar-refractivity contribution in [2.24, 2.45) is 7.05 Å². The van der Waals surface area contributed by atoms with Crippen LogP contribution < -0.4 is 16.6 Å². The molecule has 118 valence electrons. The second-order valence-electron chi connectivity index (χ2n) is 5.05. The Labute approximate surface area is 130 Å². The molecule has 1 N–H and O–H groups in total. The summed E-state index contributed by atoms with van der Waals surface area (Å²) in [7, 11) is 1.61. The van der Waals surface area contributed by atoms with Gasteiger partial charge in [0.2, 0.25) is 0 Å². The highest BCUT2D eigenvalue weighted by Crippen LogP contribution is 2.05. The van der Waals surface area contributed by atoms with Crippen molar-refractivity contribution in [3.63, 3.8) is 0 Å². The van der Waals surface area contributed by atoms with Crippen LogP contribution in [0.1, 0.15) is 10.6 Å². The molecule has 0 bridgehead atoms. The van der Waals surface area contributed by atoms with E-state index >= 15 is 0 Å². The maximum Gasteiger partial charge on any atom is 0.331 e. The Kier molecular flexibility index (Phi) is 3.84. The molecule has 0 unspecified atom stereocenters. The molecule has 0 saturated carbocycles. The van der Waals surface area contributed by atoms with Gasteiger partial charge in [0, 0.05) is 20.1 Å². The third-order valence-electron chi connectivity index (χ3n) is 3.62. The second-order valence-corrected chi connectivity index (χ2v) is 5.05. The van der Waals surface area contributed by atoms with Crippen molar-refractivity contribution < 1.29 is 9.21 Å². The van der Waals surface area contributed by atoms with Crippen LogP contribution in [-0.2, 0) is 13.6 Å². The van der Waals surface area contributed by atoms with E-state index in [0.29, 0.717) is 10.9 Å². The summed E-state index contributed by atoms with van der Waals surface area (Å²) in [6.07, 6.45) is 1.40. The average Bonchev–Trinajstić information content (AvgIpc) is 3.10. The van der Waals surface area contributed by atoms with Gasteiger partial charge in [-0.1, -0.05) is 12.1 Å². The molecule has 2 aromatic heterocycles. The van der Waals surface area contributed by atoms with Crippen LogP contribution in [0, 0.1) is 0 Å². The number of rotatable bonds is 4. The SMILES string of the molecule is Cn1c(=O)n(CCNC(=O)c2ccco2)c(=O)c2ccccc21. The molecule has 3 rings (SSSR count). The molecule has 0 radical (unpaired) electrons. The van der Waals surface area contributed by atoms with Crippen LogP contribution in [0.25, 0.3) is 10.9 Å². The quantitative estimate of drug-likeness (QED) is 0.769. The smallest absolute Gasteiger partial charge is 0.331 e. The Balaban J connectivity index is 1.85. The maximum absolute atomic E-state index is 12.4. The van der Waals surface area contributed by atoms with Crippen LogP contribution in [-0.4, -0.2) is 21.6 Å². The van der Waals surface area contributed by atoms with E-state index in [-0.39, 0.29) is 30.3 Å². The van der Waals surface area contributed by atoms with Crippen molar-refractivity contribution in [1.82, 2.24) is 14.5 Å². The number of amides is 1. The molecule has 23 heavy (non-hydrogen) atoms. The Morgan fingerprint density at radius 2 is 1.96 bits per heavy atom. The van der Waals surface area contributed by atoms with Gasteiger partial charge in [0.25, 0.3) is 11.5 Å². The van der Waals surface area contributed by atoms with Crippen LogP contribution in [0.15, 0.2) is 56.7 Å². The van der Waals surface area contributed by atoms with E-state index < -0.39 is 5.69 Å². The number of para-hydroxylation sites is 1. The van der Waals surface area contributed by atoms with Gasteiger partial charge in [-0.25, -0.2) is 4.79 Å². The van der Waals surface area contributed by atoms with E-state index in [9.17, 15) is 14.4 Å². The third kappa shape index (κ3) is 2.68. The number of nitrogens with zero attached hydrogens (tertiary/aromatic N) is 2. The fourth-order valence-electron chi connectivity index (χ4n) is 2.44. The summed E-state index contributed by atoms with van der Waals surface area (Å²) in [6, 6.07) is 10.1. The molecule has 0 saturated heterocycles. The first-order chi connectivity index (χ1) is 11.1. The molecule has 7 nitrogen and oxygen atoms in total. The zero-order valence-electron chi connectivity index (χ0n) is 12.5. The minimum atomic E-state index is -0.416. The Hall–Kier alpha value is -3.09. The molecule has 0 aliphatic heterocycles. The number of fused-ring (bicyclic) bond motifs is 1. The number of furan rings is 1. The number of hydrogen-bond donors (Lipinski definition) is 1. The van der Waals surface area contributed by atoms with Gasteiger partial charge in [0.05, 0.1) is 17.2 Å². The summed E-state index contributed by atoms with van der Waals surface area (Å²) < 4.78 is 7.51. The molecule has 0 fully saturated rings. The van der Waals surface area contributed by atoms with Crippen molar-refractivity contribution in [2.75, 3.05) is 6.54 Å². The number of aryl methyl sites for hydroxylation is 1. The predicted molar refractivity (Wildman–Crippen MR) is 84.5 cm³/mol. The molecule has 7 heteroatoms. The van der Waals surface area contributed by atoms with E-state index in [0.717, 1.165) is 4.57 Å². The molecule has 2 heterocycles. The molecule has 0 aliphatic rings. The van der Waals surface area contributed by atoms with Gasteiger partial charge in [0.15, 0.2) is 5.76 Å². The largest absolute Gasteiger partial charge is 0.459 e. The number of nitrogens with one attached hydrogen (secondary N) is 1. The predicted octanol–water partition coefficient (Wildman–Crippen LogP) is 0.723. The molecule has 0 aliphatic carbocycles. The molecule has 3 aromatic rings. The first-order valence-electron chi connectivity index (χ1n) is 7.10. The van der Waals surface area contributed by atoms with E-state index in [1.807, 2.05) is 0 Å². The monoisotopic (exact) mass is 313 g/mol. The zero-order chi connectivity index (χ0) is 16.4. The summed E-state index contributed by atoms with van der Waals surface area (Å²) in [5, 5.41) is 3.08. The lowest BCUT2D eigenvalue weighted by molar-refractivity contribution is 0.0924. The minimum Gasteiger partial charge on any atom is -0.459 e. The Bertz CT molecular complexity index is 967. The highest BCUT2D eigenvalue weighted by molar-refractivity contribution is 5.91. The molecule has 0 spiro atoms. The normalized spacial score (nSPS) is 10.8. The van der Waals surface area contributed by atoms with Gasteiger partial charge in [-0.3, -0.25) is 18.7 Å². The number of carbonyl (C=O) groups excluding carboxylic acids is 1. The van der Waals surface area contributed by atoms with Crippen LogP contribution in [0.2, 0.25) is 0 Å². The fraction of sp³-hybridized carbons (Fsp3) is 0.188. The summed E-state index contributed by atoms with van der Waals surface area (Å²) in [6.45, 7) is 0.232. The van der Waals surface area contributed by atoms with Gasteiger partial charge in [-0.2, -0.15) is 0 Å². The molecular formula is C16H15N3O4. The van der Waals surface area contributed by atoms with Crippen molar-refractivity contribution in [1.29, 1.82) is 0 Å². The van der Waals surface area contributed by atoms with Gasteiger partial charge in [-0.15, -0.1) is 0 Å². The van der Waals surface area contributed by atoms with Gasteiger partial charge < -0.3 is 9.73 Å². The van der Waals surface area contributed by atoms with E-state index in [4.69, 9.17) is 4.42 Å². The lowest BCUT2D eigenvalue weighted by Crippen LogP contribution is -2.41. The van der Waals surface area contributed by atoms with Crippen molar-refractivity contribution in [2.45, 2.75) is 6.54 Å². The zero-order valence-corrected chi connectivity index (χ0v) is 12.5.